The number of aryl methyl sites for hydroxylation is 1. The molecule has 6 nitrogen and oxygen atoms in total. The number of fused-ring (bicyclic) bond motifs is 3. The molecule has 3 heterocycles. The van der Waals surface area contributed by atoms with Gasteiger partial charge in [0.1, 0.15) is 25.5 Å². The van der Waals surface area contributed by atoms with Crippen LogP contribution in [0.4, 0.5) is 38.5 Å². The van der Waals surface area contributed by atoms with Gasteiger partial charge in [-0.25, -0.2) is 4.39 Å². The number of halogens is 3. The van der Waals surface area contributed by atoms with Crippen molar-refractivity contribution in [3.63, 3.8) is 0 Å². The minimum absolute atomic E-state index is 0. The molecule has 2 unspecified atom stereocenters. The van der Waals surface area contributed by atoms with Crippen molar-refractivity contribution in [3.05, 3.63) is 382 Å². The summed E-state index contributed by atoms with van der Waals surface area (Å²) in [6.45, 7) is 29.5. The minimum atomic E-state index is -0.339. The summed E-state index contributed by atoms with van der Waals surface area (Å²) in [5.74, 6) is 2.59. The van der Waals surface area contributed by atoms with Gasteiger partial charge < -0.3 is 59.3 Å². The van der Waals surface area contributed by atoms with Gasteiger partial charge >= 0.3 is 51.2 Å². The molecule has 0 aromatic heterocycles. The predicted octanol–water partition coefficient (Wildman–Crippen LogP) is 38.5. The Bertz CT molecular complexity index is 5550. The van der Waals surface area contributed by atoms with Crippen LogP contribution in [0.3, 0.4) is 0 Å². The SMILES string of the molecule is C1CCCC1.C1CCCC1.C1CCCC1.CCN(CC)c1ccc(/C=C/C2=[N+](CCC3CCCC3)c3ccc(C)cc3C2(C)Cc2ccccc2)cc1.CCN(CC)c1ccc(/C=C/C2=[N+](CCCCC3CCCC3)c3ccc(Cl)cc3C2(Cc2ccccc2)Cc2ccccc2)cc1.CCN(CC)c1ccc(/C=C/C2=[N+](CCCCC3CCCC3)c3ccccc3C2(C)Cc2ccc(Br)cc2F)cc1.[CH3-].[CH3-].[CH3-].[CH3-].[CH3-].[CH3-].[Fe+2].[Fe+2].[Fe+2]. The molecular formula is C137H188BrClFFe3N6+3. The molecule has 12 heteroatoms. The second kappa shape index (κ2) is 68.4. The van der Waals surface area contributed by atoms with Crippen LogP contribution in [0.15, 0.2) is 265 Å². The van der Waals surface area contributed by atoms with E-state index in [-0.39, 0.29) is 118 Å². The summed E-state index contributed by atoms with van der Waals surface area (Å²) in [7, 11) is 0. The number of anilines is 3. The van der Waals surface area contributed by atoms with Crippen LogP contribution in [-0.4, -0.2) is 89.8 Å². The van der Waals surface area contributed by atoms with E-state index in [4.69, 9.17) is 11.6 Å². The van der Waals surface area contributed by atoms with Crippen LogP contribution < -0.4 is 14.7 Å². The van der Waals surface area contributed by atoms with Crippen molar-refractivity contribution in [3.8, 4) is 0 Å². The van der Waals surface area contributed by atoms with E-state index in [1.165, 1.54) is 325 Å². The maximum atomic E-state index is 15.2. The topological polar surface area (TPSA) is 18.8 Å². The van der Waals surface area contributed by atoms with Gasteiger partial charge in [0.2, 0.25) is 17.1 Å². The fourth-order valence-corrected chi connectivity index (χ4v) is 25.0. The van der Waals surface area contributed by atoms with Crippen molar-refractivity contribution in [2.24, 2.45) is 17.8 Å². The van der Waals surface area contributed by atoms with Gasteiger partial charge in [0.25, 0.3) is 0 Å². The zero-order valence-corrected chi connectivity index (χ0v) is 100. The van der Waals surface area contributed by atoms with E-state index < -0.39 is 0 Å². The summed E-state index contributed by atoms with van der Waals surface area (Å²) in [6, 6.07) is 88.1. The summed E-state index contributed by atoms with van der Waals surface area (Å²) < 4.78 is 23.8. The number of unbranched alkanes of at least 4 members (excludes halogenated alkanes) is 2. The minimum Gasteiger partial charge on any atom is -0.372 e. The molecule has 6 saturated carbocycles. The van der Waals surface area contributed by atoms with Gasteiger partial charge in [-0.1, -0.05) is 377 Å². The molecule has 0 bridgehead atoms. The fraction of sp³-hybridized carbons (Fsp3) is 0.453. The van der Waals surface area contributed by atoms with Gasteiger partial charge in [0.05, 0.1) is 16.2 Å². The molecule has 10 aromatic rings. The number of allylic oxidation sites excluding steroid dienone is 3. The molecule has 0 amide bonds. The van der Waals surface area contributed by atoms with Crippen LogP contribution in [-0.2, 0) is 93.1 Å². The standard InChI is InChI=1S/C43H50ClN2.C37H45BrFN2.C36H45N2.3C5H10.6CH3.3Fe/c1-3-45(4-2)39-26-22-35(23-27-39)24-29-42-43(32-36-18-7-5-8-19-36,33-37-20-9-6-10-21-37)40-31-38(44)25-28-41(40)46(42)30-14-13-17-34-15-11-12-16-34;1-4-40(5-2)32-22-17-29(18-23-32)19-24-36-37(3,27-30-20-21-31(38)26-34(30)39)33-15-8-9-16-35(33)41(36)25-11-10-14-28-12-6-7-13-28;1-5-37(6-2)32-20-17-30(18-21-32)19-23-35-36(4,27-31-14-8-7-9-15-31)33-26-28(3)16-22-34(33)38(35)25-24-29-12-10-11-13-29;3*1-2-4-5-3-1;;;;;;;;;/h5-10,18-29,31,34H,3-4,11-17,30,32-33H2,1-2H3;8-9,15-24,26,28H,4-7,10-14,25,27H2,1-3H3;7-9,14-23,26,29H,5-6,10-13,24-25,27H2,1-4H3;3*1-5H2;6*1H3;;;/q3*+1;;;;6*-1;3*+2. The molecule has 6 aliphatic carbocycles. The number of hydrogen-bond donors (Lipinski definition) is 0. The number of nitrogens with zero attached hydrogens (tertiary/aromatic N) is 6. The van der Waals surface area contributed by atoms with Crippen molar-refractivity contribution < 1.29 is 69.3 Å². The van der Waals surface area contributed by atoms with Crippen molar-refractivity contribution in [1.29, 1.82) is 0 Å². The Morgan fingerprint density at radius 1 is 0.322 bits per heavy atom. The van der Waals surface area contributed by atoms with E-state index in [1.54, 1.807) is 6.07 Å². The maximum absolute atomic E-state index is 15.2. The molecule has 6 fully saturated rings. The zero-order valence-electron chi connectivity index (χ0n) is 94.4. The van der Waals surface area contributed by atoms with Crippen molar-refractivity contribution >= 4 is 97.0 Å². The summed E-state index contributed by atoms with van der Waals surface area (Å²) in [4.78, 5) is 7.17. The van der Waals surface area contributed by atoms with Gasteiger partial charge in [0.15, 0.2) is 17.1 Å². The Kier molecular flexibility index (Phi) is 60.4. The molecule has 0 spiro atoms. The molecule has 9 aliphatic rings. The van der Waals surface area contributed by atoms with Crippen molar-refractivity contribution in [2.45, 2.75) is 323 Å². The van der Waals surface area contributed by atoms with Gasteiger partial charge in [-0.05, 0) is 242 Å². The van der Waals surface area contributed by atoms with Crippen LogP contribution in [0.1, 0.15) is 335 Å². The third-order valence-corrected chi connectivity index (χ3v) is 33.3. The molecule has 19 rings (SSSR count). The first-order valence-corrected chi connectivity index (χ1v) is 56.8. The predicted molar refractivity (Wildman–Crippen MR) is 646 cm³/mol. The molecule has 0 saturated heterocycles. The van der Waals surface area contributed by atoms with Crippen LogP contribution in [0.25, 0.3) is 18.2 Å². The van der Waals surface area contributed by atoms with E-state index >= 15 is 4.39 Å². The van der Waals surface area contributed by atoms with Crippen molar-refractivity contribution in [1.82, 2.24) is 0 Å². The van der Waals surface area contributed by atoms with Gasteiger partial charge in [-0.3, -0.25) is 0 Å². The Morgan fingerprint density at radius 2 is 0.651 bits per heavy atom. The Hall–Kier alpha value is -7.91. The first-order valence-electron chi connectivity index (χ1n) is 55.6. The largest absolute Gasteiger partial charge is 2.00 e. The van der Waals surface area contributed by atoms with Crippen LogP contribution in [0.5, 0.6) is 0 Å². The van der Waals surface area contributed by atoms with E-state index in [0.717, 1.165) is 111 Å². The van der Waals surface area contributed by atoms with Gasteiger partial charge in [0, 0.05) is 138 Å². The third kappa shape index (κ3) is 36.6. The van der Waals surface area contributed by atoms with Crippen LogP contribution in [0.2, 0.25) is 5.02 Å². The normalized spacial score (nSPS) is 17.5. The van der Waals surface area contributed by atoms with E-state index in [1.807, 2.05) is 12.1 Å². The number of benzene rings is 10. The Labute approximate surface area is 954 Å². The summed E-state index contributed by atoms with van der Waals surface area (Å²) in [5.41, 5.74) is 25.2. The summed E-state index contributed by atoms with van der Waals surface area (Å²) in [5, 5.41) is 0.808. The number of hydrogen-bond acceptors (Lipinski definition) is 3. The fourth-order valence-electron chi connectivity index (χ4n) is 24.5. The van der Waals surface area contributed by atoms with Gasteiger partial charge in [-0.2, -0.15) is 13.7 Å². The Balaban J connectivity index is 0.000000356. The van der Waals surface area contributed by atoms with Crippen molar-refractivity contribution in [2.75, 3.05) is 73.6 Å². The molecule has 10 aromatic carbocycles. The average Bonchev–Trinajstić information content (AvgIpc) is 1.57. The second-order valence-electron chi connectivity index (χ2n) is 42.3. The molecule has 3 aliphatic heterocycles. The monoisotopic (exact) mass is 2220 g/mol. The van der Waals surface area contributed by atoms with Gasteiger partial charge in [-0.15, -0.1) is 0 Å². The maximum Gasteiger partial charge on any atom is 2.00 e. The molecule has 0 N–H and O–H groups in total. The van der Waals surface area contributed by atoms with Crippen LogP contribution in [0, 0.1) is 75.1 Å². The third-order valence-electron chi connectivity index (χ3n) is 32.5. The van der Waals surface area contributed by atoms with E-state index in [9.17, 15) is 0 Å². The zero-order chi connectivity index (χ0) is 97.7. The summed E-state index contributed by atoms with van der Waals surface area (Å²) in [6.07, 6.45) is 65.9. The first kappa shape index (κ1) is 132. The molecular weight excluding hydrogens is 2030 g/mol. The second-order valence-corrected chi connectivity index (χ2v) is 43.6. The first-order chi connectivity index (χ1) is 68.5. The average molecular weight is 2220 g/mol. The molecule has 0 radical (unpaired) electrons. The molecule has 2 atom stereocenters. The molecule has 808 valence electrons. The Morgan fingerprint density at radius 3 is 1.04 bits per heavy atom. The smallest absolute Gasteiger partial charge is 0.372 e. The quantitative estimate of drug-likeness (QED) is 0.0169. The number of para-hydroxylation sites is 1. The number of rotatable bonds is 36. The molecule has 149 heavy (non-hydrogen) atoms. The summed E-state index contributed by atoms with van der Waals surface area (Å²) >= 11 is 10.3. The van der Waals surface area contributed by atoms with Crippen LogP contribution >= 0.6 is 27.5 Å². The van der Waals surface area contributed by atoms with E-state index in [2.05, 4.69) is 368 Å². The van der Waals surface area contributed by atoms with E-state index in [0.29, 0.717) is 6.42 Å².